The van der Waals surface area contributed by atoms with E-state index in [0.717, 1.165) is 12.0 Å². The van der Waals surface area contributed by atoms with Crippen LogP contribution in [0.4, 0.5) is 5.69 Å². The third kappa shape index (κ3) is 2.85. The number of aliphatic imine (C=N–C) groups is 1. The van der Waals surface area contributed by atoms with Crippen LogP contribution in [0.25, 0.3) is 0 Å². The first kappa shape index (κ1) is 14.4. The van der Waals surface area contributed by atoms with E-state index in [1.807, 2.05) is 6.07 Å². The molecule has 1 spiro atoms. The molecule has 4 rings (SSSR count). The minimum atomic E-state index is 0.201. The fourth-order valence-electron chi connectivity index (χ4n) is 3.94. The lowest BCUT2D eigenvalue weighted by Crippen LogP contribution is -2.43. The molecule has 0 radical (unpaired) electrons. The Balaban J connectivity index is 1.67. The number of anilines is 1. The molecular formula is C19H22N4. The van der Waals surface area contributed by atoms with Crippen molar-refractivity contribution in [2.24, 2.45) is 10.4 Å². The van der Waals surface area contributed by atoms with Gasteiger partial charge in [0.1, 0.15) is 5.84 Å². The lowest BCUT2D eigenvalue weighted by Gasteiger charge is -2.42. The van der Waals surface area contributed by atoms with E-state index in [9.17, 15) is 0 Å². The van der Waals surface area contributed by atoms with Crippen LogP contribution in [0.2, 0.25) is 0 Å². The van der Waals surface area contributed by atoms with Crippen molar-refractivity contribution in [1.29, 1.82) is 0 Å². The zero-order valence-electron chi connectivity index (χ0n) is 13.3. The Kier molecular flexibility index (Phi) is 3.82. The minimum Gasteiger partial charge on any atom is -0.343 e. The van der Waals surface area contributed by atoms with Gasteiger partial charge >= 0.3 is 0 Å². The zero-order chi connectivity index (χ0) is 15.5. The Labute approximate surface area is 137 Å². The van der Waals surface area contributed by atoms with Gasteiger partial charge in [0.2, 0.25) is 0 Å². The molecule has 23 heavy (non-hydrogen) atoms. The van der Waals surface area contributed by atoms with Gasteiger partial charge in [0, 0.05) is 17.3 Å². The number of amidine groups is 1. The number of nitrogens with zero attached hydrogens (tertiary/aromatic N) is 3. The molecule has 1 fully saturated rings. The Morgan fingerprint density at radius 3 is 2.74 bits per heavy atom. The van der Waals surface area contributed by atoms with E-state index >= 15 is 0 Å². The normalized spacial score (nSPS) is 21.0. The summed E-state index contributed by atoms with van der Waals surface area (Å²) in [5.74, 6) is 1.17. The summed E-state index contributed by atoms with van der Waals surface area (Å²) in [4.78, 5) is 4.97. The highest BCUT2D eigenvalue weighted by Gasteiger charge is 2.40. The van der Waals surface area contributed by atoms with Crippen molar-refractivity contribution < 1.29 is 0 Å². The quantitative estimate of drug-likeness (QED) is 0.912. The van der Waals surface area contributed by atoms with E-state index in [4.69, 9.17) is 4.99 Å². The average molecular weight is 306 g/mol. The van der Waals surface area contributed by atoms with Crippen LogP contribution < -0.4 is 5.32 Å². The largest absolute Gasteiger partial charge is 0.343 e. The first-order valence-corrected chi connectivity index (χ1v) is 8.51. The molecular weight excluding hydrogens is 284 g/mol. The van der Waals surface area contributed by atoms with Gasteiger partial charge in [0.25, 0.3) is 0 Å². The molecule has 2 heterocycles. The maximum Gasteiger partial charge on any atom is 0.108 e. The molecule has 0 unspecified atom stereocenters. The lowest BCUT2D eigenvalue weighted by atomic mass is 9.67. The highest BCUT2D eigenvalue weighted by Crippen LogP contribution is 2.44. The van der Waals surface area contributed by atoms with Crippen molar-refractivity contribution in [1.82, 2.24) is 10.2 Å². The molecule has 1 aromatic carbocycles. The van der Waals surface area contributed by atoms with Crippen LogP contribution >= 0.6 is 0 Å². The average Bonchev–Trinajstić information content (AvgIpc) is 2.61. The van der Waals surface area contributed by atoms with Gasteiger partial charge in [-0.1, -0.05) is 37.5 Å². The first-order chi connectivity index (χ1) is 11.4. The summed E-state index contributed by atoms with van der Waals surface area (Å²) in [7, 11) is 0. The van der Waals surface area contributed by atoms with Gasteiger partial charge in [-0.2, -0.15) is 10.2 Å². The number of aromatic nitrogens is 2. The molecule has 1 aliphatic heterocycles. The van der Waals surface area contributed by atoms with Crippen LogP contribution in [0.15, 0.2) is 47.7 Å². The molecule has 0 amide bonds. The van der Waals surface area contributed by atoms with Gasteiger partial charge in [0.15, 0.2) is 0 Å². The van der Waals surface area contributed by atoms with Crippen LogP contribution in [-0.2, 0) is 13.0 Å². The summed E-state index contributed by atoms with van der Waals surface area (Å²) >= 11 is 0. The Morgan fingerprint density at radius 2 is 1.91 bits per heavy atom. The van der Waals surface area contributed by atoms with E-state index in [1.54, 1.807) is 12.4 Å². The van der Waals surface area contributed by atoms with Gasteiger partial charge in [-0.05, 0) is 42.5 Å². The maximum absolute atomic E-state index is 4.97. The van der Waals surface area contributed by atoms with E-state index in [-0.39, 0.29) is 5.41 Å². The van der Waals surface area contributed by atoms with Gasteiger partial charge in [-0.15, -0.1) is 0 Å². The molecule has 0 bridgehead atoms. The molecule has 2 aromatic rings. The number of nitrogens with one attached hydrogen (secondary N) is 1. The fraction of sp³-hybridized carbons (Fsp3) is 0.421. The number of rotatable bonds is 2. The molecule has 2 aliphatic rings. The predicted octanol–water partition coefficient (Wildman–Crippen LogP) is 3.99. The van der Waals surface area contributed by atoms with E-state index in [2.05, 4.69) is 39.8 Å². The fourth-order valence-corrected chi connectivity index (χ4v) is 3.94. The highest BCUT2D eigenvalue weighted by atomic mass is 15.1. The van der Waals surface area contributed by atoms with E-state index in [1.165, 1.54) is 49.2 Å². The van der Waals surface area contributed by atoms with Crippen LogP contribution in [0, 0.1) is 5.41 Å². The SMILES string of the molecule is c1ccc2c(c1)CC1(CCCCC1)C(=NCc1ccnnc1)N2. The predicted molar refractivity (Wildman–Crippen MR) is 92.5 cm³/mol. The van der Waals surface area contributed by atoms with Crippen molar-refractivity contribution in [3.8, 4) is 0 Å². The second kappa shape index (κ2) is 6.11. The van der Waals surface area contributed by atoms with Crippen molar-refractivity contribution in [3.63, 3.8) is 0 Å². The second-order valence-corrected chi connectivity index (χ2v) is 6.72. The smallest absolute Gasteiger partial charge is 0.108 e. The third-order valence-corrected chi connectivity index (χ3v) is 5.18. The van der Waals surface area contributed by atoms with Crippen molar-refractivity contribution in [2.45, 2.75) is 45.1 Å². The summed E-state index contributed by atoms with van der Waals surface area (Å²) in [6.07, 6.45) is 11.1. The molecule has 0 atom stereocenters. The topological polar surface area (TPSA) is 50.2 Å². The van der Waals surface area contributed by atoms with Gasteiger partial charge in [-0.25, -0.2) is 0 Å². The second-order valence-electron chi connectivity index (χ2n) is 6.72. The molecule has 1 N–H and O–H groups in total. The Bertz CT molecular complexity index is 702. The Hall–Kier alpha value is -2.23. The first-order valence-electron chi connectivity index (χ1n) is 8.51. The van der Waals surface area contributed by atoms with Crippen LogP contribution in [0.5, 0.6) is 0 Å². The number of para-hydroxylation sites is 1. The van der Waals surface area contributed by atoms with Crippen molar-refractivity contribution in [3.05, 3.63) is 53.9 Å². The highest BCUT2D eigenvalue weighted by molar-refractivity contribution is 6.02. The molecule has 4 nitrogen and oxygen atoms in total. The summed E-state index contributed by atoms with van der Waals surface area (Å²) in [6.45, 7) is 0.668. The number of hydrogen-bond acceptors (Lipinski definition) is 3. The molecule has 4 heteroatoms. The number of benzene rings is 1. The van der Waals surface area contributed by atoms with Gasteiger partial charge in [-0.3, -0.25) is 4.99 Å². The van der Waals surface area contributed by atoms with Crippen LogP contribution in [0.3, 0.4) is 0 Å². The van der Waals surface area contributed by atoms with E-state index < -0.39 is 0 Å². The summed E-state index contributed by atoms with van der Waals surface area (Å²) in [5, 5.41) is 11.4. The monoisotopic (exact) mass is 306 g/mol. The number of fused-ring (bicyclic) bond motifs is 1. The molecule has 1 saturated carbocycles. The van der Waals surface area contributed by atoms with Crippen molar-refractivity contribution >= 4 is 11.5 Å². The summed E-state index contributed by atoms with van der Waals surface area (Å²) < 4.78 is 0. The summed E-state index contributed by atoms with van der Waals surface area (Å²) in [6, 6.07) is 10.6. The molecule has 118 valence electrons. The van der Waals surface area contributed by atoms with Gasteiger partial charge in [0.05, 0.1) is 12.7 Å². The van der Waals surface area contributed by atoms with Crippen LogP contribution in [0.1, 0.15) is 43.2 Å². The third-order valence-electron chi connectivity index (χ3n) is 5.18. The zero-order valence-corrected chi connectivity index (χ0v) is 13.3. The Morgan fingerprint density at radius 1 is 1.04 bits per heavy atom. The van der Waals surface area contributed by atoms with Gasteiger partial charge < -0.3 is 5.32 Å². The standard InChI is InChI=1S/C19H22N4/c1-4-9-19(10-5-1)12-16-6-2-3-7-17(16)23-18(19)20-13-15-8-11-21-22-14-15/h2-3,6-8,11,14H,1,4-5,9-10,12-13H2,(H,20,23). The summed E-state index contributed by atoms with van der Waals surface area (Å²) in [5.41, 5.74) is 3.96. The minimum absolute atomic E-state index is 0.201. The molecule has 0 saturated heterocycles. The number of hydrogen-bond donors (Lipinski definition) is 1. The lowest BCUT2D eigenvalue weighted by molar-refractivity contribution is 0.278. The maximum atomic E-state index is 4.97. The van der Waals surface area contributed by atoms with Crippen LogP contribution in [-0.4, -0.2) is 16.0 Å². The molecule has 1 aliphatic carbocycles. The van der Waals surface area contributed by atoms with Crippen molar-refractivity contribution in [2.75, 3.05) is 5.32 Å². The molecule has 1 aromatic heterocycles. The van der Waals surface area contributed by atoms with E-state index in [0.29, 0.717) is 6.54 Å².